The number of ketones is 1. The van der Waals surface area contributed by atoms with Gasteiger partial charge in [-0.05, 0) is 30.4 Å². The van der Waals surface area contributed by atoms with Gasteiger partial charge in [0.1, 0.15) is 0 Å². The van der Waals surface area contributed by atoms with Crippen molar-refractivity contribution in [2.24, 2.45) is 11.8 Å². The Kier molecular flexibility index (Phi) is 2.18. The van der Waals surface area contributed by atoms with Crippen molar-refractivity contribution in [3.63, 3.8) is 0 Å². The molecule has 0 amide bonds. The van der Waals surface area contributed by atoms with Crippen molar-refractivity contribution in [3.8, 4) is 0 Å². The van der Waals surface area contributed by atoms with Gasteiger partial charge >= 0.3 is 0 Å². The van der Waals surface area contributed by atoms with E-state index in [1.54, 1.807) is 0 Å². The van der Waals surface area contributed by atoms with E-state index in [1.165, 1.54) is 5.56 Å². The molecule has 0 radical (unpaired) electrons. The van der Waals surface area contributed by atoms with Crippen LogP contribution in [-0.4, -0.2) is 5.78 Å². The zero-order valence-corrected chi connectivity index (χ0v) is 9.00. The molecular formula is C13H16O. The first-order chi connectivity index (χ1) is 6.61. The maximum absolute atomic E-state index is 12.1. The summed E-state index contributed by atoms with van der Waals surface area (Å²) in [5.41, 5.74) is 3.37. The smallest absolute Gasteiger partial charge is 0.167 e. The predicted octanol–water partition coefficient (Wildman–Crippen LogP) is 3.01. The quantitative estimate of drug-likeness (QED) is 0.662. The van der Waals surface area contributed by atoms with E-state index in [0.717, 1.165) is 17.5 Å². The Morgan fingerprint density at radius 2 is 2.07 bits per heavy atom. The molecule has 1 aromatic carbocycles. The monoisotopic (exact) mass is 188 g/mol. The molecule has 0 saturated carbocycles. The molecular weight excluding hydrogens is 172 g/mol. The number of carbonyl (C=O) groups is 1. The van der Waals surface area contributed by atoms with Gasteiger partial charge in [-0.15, -0.1) is 0 Å². The first-order valence-corrected chi connectivity index (χ1v) is 5.24. The van der Waals surface area contributed by atoms with Gasteiger partial charge < -0.3 is 0 Å². The van der Waals surface area contributed by atoms with E-state index in [-0.39, 0.29) is 5.92 Å². The first kappa shape index (κ1) is 9.45. The zero-order valence-electron chi connectivity index (χ0n) is 9.00. The van der Waals surface area contributed by atoms with Crippen molar-refractivity contribution in [2.45, 2.75) is 27.2 Å². The highest BCUT2D eigenvalue weighted by atomic mass is 16.1. The molecule has 0 saturated heterocycles. The van der Waals surface area contributed by atoms with Crippen LogP contribution in [0.25, 0.3) is 0 Å². The molecule has 0 N–H and O–H groups in total. The Bertz CT molecular complexity index is 377. The number of hydrogen-bond donors (Lipinski definition) is 0. The molecule has 1 aliphatic carbocycles. The van der Waals surface area contributed by atoms with Gasteiger partial charge in [0.2, 0.25) is 0 Å². The van der Waals surface area contributed by atoms with Crippen LogP contribution in [0, 0.1) is 18.8 Å². The fourth-order valence-corrected chi connectivity index (χ4v) is 2.30. The van der Waals surface area contributed by atoms with Gasteiger partial charge in [0, 0.05) is 11.5 Å². The fourth-order valence-electron chi connectivity index (χ4n) is 2.30. The minimum atomic E-state index is 0.214. The topological polar surface area (TPSA) is 17.1 Å². The summed E-state index contributed by atoms with van der Waals surface area (Å²) in [5.74, 6) is 1.02. The lowest BCUT2D eigenvalue weighted by Crippen LogP contribution is -2.15. The minimum Gasteiger partial charge on any atom is -0.294 e. The summed E-state index contributed by atoms with van der Waals surface area (Å²) < 4.78 is 0. The van der Waals surface area contributed by atoms with E-state index in [2.05, 4.69) is 19.9 Å². The minimum absolute atomic E-state index is 0.214. The zero-order chi connectivity index (χ0) is 10.3. The van der Waals surface area contributed by atoms with Crippen molar-refractivity contribution in [3.05, 3.63) is 34.9 Å². The van der Waals surface area contributed by atoms with Crippen LogP contribution >= 0.6 is 0 Å². The van der Waals surface area contributed by atoms with Gasteiger partial charge in [-0.2, -0.15) is 0 Å². The highest BCUT2D eigenvalue weighted by Gasteiger charge is 2.33. The SMILES string of the molecule is Cc1cccc2c1C(=O)C(C(C)C)C2. The Balaban J connectivity index is 2.46. The van der Waals surface area contributed by atoms with Crippen molar-refractivity contribution in [1.29, 1.82) is 0 Å². The van der Waals surface area contributed by atoms with Crippen LogP contribution in [0.2, 0.25) is 0 Å². The summed E-state index contributed by atoms with van der Waals surface area (Å²) in [5, 5.41) is 0. The van der Waals surface area contributed by atoms with Crippen LogP contribution in [-0.2, 0) is 6.42 Å². The van der Waals surface area contributed by atoms with Gasteiger partial charge in [0.15, 0.2) is 5.78 Å². The average Bonchev–Trinajstić information content (AvgIpc) is 2.45. The van der Waals surface area contributed by atoms with Gasteiger partial charge in [-0.3, -0.25) is 4.79 Å². The lowest BCUT2D eigenvalue weighted by Gasteiger charge is -2.11. The molecule has 1 heteroatoms. The van der Waals surface area contributed by atoms with Crippen molar-refractivity contribution in [2.75, 3.05) is 0 Å². The van der Waals surface area contributed by atoms with Crippen LogP contribution in [0.5, 0.6) is 0 Å². The largest absolute Gasteiger partial charge is 0.294 e. The molecule has 1 aliphatic rings. The van der Waals surface area contributed by atoms with Gasteiger partial charge in [0.25, 0.3) is 0 Å². The molecule has 0 aliphatic heterocycles. The number of fused-ring (bicyclic) bond motifs is 1. The molecule has 1 unspecified atom stereocenters. The van der Waals surface area contributed by atoms with E-state index in [4.69, 9.17) is 0 Å². The molecule has 1 aromatic rings. The summed E-state index contributed by atoms with van der Waals surface area (Å²) in [7, 11) is 0. The molecule has 1 nitrogen and oxygen atoms in total. The average molecular weight is 188 g/mol. The third kappa shape index (κ3) is 1.28. The van der Waals surface area contributed by atoms with E-state index < -0.39 is 0 Å². The second-order valence-corrected chi connectivity index (χ2v) is 4.53. The summed E-state index contributed by atoms with van der Waals surface area (Å²) in [6.07, 6.45) is 0.938. The van der Waals surface area contributed by atoms with Crippen LogP contribution in [0.1, 0.15) is 35.3 Å². The number of aryl methyl sites for hydroxylation is 1. The van der Waals surface area contributed by atoms with E-state index in [0.29, 0.717) is 11.7 Å². The molecule has 74 valence electrons. The molecule has 0 heterocycles. The number of hydrogen-bond acceptors (Lipinski definition) is 1. The number of benzene rings is 1. The molecule has 0 bridgehead atoms. The molecule has 0 spiro atoms. The Labute approximate surface area is 85.1 Å². The normalized spacial score (nSPS) is 20.3. The second kappa shape index (κ2) is 3.23. The Morgan fingerprint density at radius 1 is 1.36 bits per heavy atom. The Morgan fingerprint density at radius 3 is 2.64 bits per heavy atom. The lowest BCUT2D eigenvalue weighted by atomic mass is 9.92. The third-order valence-corrected chi connectivity index (χ3v) is 3.19. The second-order valence-electron chi connectivity index (χ2n) is 4.53. The fraction of sp³-hybridized carbons (Fsp3) is 0.462. The summed E-state index contributed by atoms with van der Waals surface area (Å²) in [4.78, 5) is 12.1. The maximum Gasteiger partial charge on any atom is 0.167 e. The lowest BCUT2D eigenvalue weighted by molar-refractivity contribution is 0.0905. The van der Waals surface area contributed by atoms with Gasteiger partial charge in [0.05, 0.1) is 0 Å². The number of carbonyl (C=O) groups excluding carboxylic acids is 1. The van der Waals surface area contributed by atoms with E-state index in [1.807, 2.05) is 19.1 Å². The first-order valence-electron chi connectivity index (χ1n) is 5.24. The van der Waals surface area contributed by atoms with E-state index in [9.17, 15) is 4.79 Å². The van der Waals surface area contributed by atoms with Crippen LogP contribution in [0.3, 0.4) is 0 Å². The van der Waals surface area contributed by atoms with Crippen LogP contribution < -0.4 is 0 Å². The standard InChI is InChI=1S/C13H16O/c1-8(2)11-7-10-6-4-5-9(3)12(10)13(11)14/h4-6,8,11H,7H2,1-3H3. The number of Topliss-reactive ketones (excluding diaryl/α,β-unsaturated/α-hetero) is 1. The van der Waals surface area contributed by atoms with Gasteiger partial charge in [-0.25, -0.2) is 0 Å². The highest BCUT2D eigenvalue weighted by Crippen LogP contribution is 2.32. The van der Waals surface area contributed by atoms with Crippen molar-refractivity contribution < 1.29 is 4.79 Å². The maximum atomic E-state index is 12.1. The molecule has 0 aromatic heterocycles. The summed E-state index contributed by atoms with van der Waals surface area (Å²) >= 11 is 0. The highest BCUT2D eigenvalue weighted by molar-refractivity contribution is 6.03. The summed E-state index contributed by atoms with van der Waals surface area (Å²) in [6.45, 7) is 6.28. The van der Waals surface area contributed by atoms with Gasteiger partial charge in [-0.1, -0.05) is 32.0 Å². The molecule has 2 rings (SSSR count). The van der Waals surface area contributed by atoms with Crippen LogP contribution in [0.4, 0.5) is 0 Å². The molecule has 14 heavy (non-hydrogen) atoms. The predicted molar refractivity (Wildman–Crippen MR) is 57.5 cm³/mol. The number of rotatable bonds is 1. The van der Waals surface area contributed by atoms with Crippen molar-refractivity contribution >= 4 is 5.78 Å². The Hall–Kier alpha value is -1.11. The third-order valence-electron chi connectivity index (χ3n) is 3.19. The van der Waals surface area contributed by atoms with Crippen LogP contribution in [0.15, 0.2) is 18.2 Å². The molecule has 1 atom stereocenters. The molecule has 0 fully saturated rings. The van der Waals surface area contributed by atoms with Crippen molar-refractivity contribution in [1.82, 2.24) is 0 Å². The summed E-state index contributed by atoms with van der Waals surface area (Å²) in [6, 6.07) is 6.16. The van der Waals surface area contributed by atoms with E-state index >= 15 is 0 Å².